The molecule has 1 saturated heterocycles. The molecule has 0 aromatic carbocycles. The Labute approximate surface area is 129 Å². The molecule has 4 unspecified atom stereocenters. The van der Waals surface area contributed by atoms with Gasteiger partial charge in [0, 0.05) is 6.54 Å². The molecule has 1 spiro atoms. The van der Waals surface area contributed by atoms with Crippen LogP contribution >= 0.6 is 0 Å². The van der Waals surface area contributed by atoms with Crippen LogP contribution in [0.3, 0.4) is 0 Å². The van der Waals surface area contributed by atoms with Crippen LogP contribution in [0.15, 0.2) is 0 Å². The Bertz CT molecular complexity index is 508. The number of halogens is 1. The minimum atomic E-state index is -1.06. The van der Waals surface area contributed by atoms with Gasteiger partial charge >= 0.3 is 0 Å². The average molecular weight is 309 g/mol. The van der Waals surface area contributed by atoms with Crippen molar-refractivity contribution in [3.05, 3.63) is 0 Å². The molecule has 2 amide bonds. The van der Waals surface area contributed by atoms with Gasteiger partial charge in [-0.05, 0) is 55.9 Å². The number of primary amides is 1. The van der Waals surface area contributed by atoms with Gasteiger partial charge in [-0.25, -0.2) is 4.39 Å². The van der Waals surface area contributed by atoms with Gasteiger partial charge in [-0.3, -0.25) is 9.59 Å². The molecule has 3 aliphatic carbocycles. The molecule has 1 aliphatic heterocycles. The SMILES string of the molecule is NC(=O)C1C(C(=O)N[C@@H]2CCNC[C@H]2F)C2CCC1C21CC1. The Morgan fingerprint density at radius 3 is 2.41 bits per heavy atom. The van der Waals surface area contributed by atoms with Crippen LogP contribution in [-0.2, 0) is 9.59 Å². The number of nitrogens with one attached hydrogen (secondary N) is 2. The molecule has 5 nitrogen and oxygen atoms in total. The summed E-state index contributed by atoms with van der Waals surface area (Å²) in [5.74, 6) is -0.617. The van der Waals surface area contributed by atoms with E-state index in [1.165, 1.54) is 0 Å². The lowest BCUT2D eigenvalue weighted by atomic mass is 9.78. The Balaban J connectivity index is 1.53. The monoisotopic (exact) mass is 309 g/mol. The van der Waals surface area contributed by atoms with Gasteiger partial charge in [0.15, 0.2) is 0 Å². The highest BCUT2D eigenvalue weighted by Gasteiger charge is 2.71. The van der Waals surface area contributed by atoms with E-state index >= 15 is 0 Å². The first-order chi connectivity index (χ1) is 10.5. The third-order valence-corrected chi connectivity index (χ3v) is 6.71. The third-order valence-electron chi connectivity index (χ3n) is 6.71. The van der Waals surface area contributed by atoms with Crippen LogP contribution in [0.2, 0.25) is 0 Å². The number of nitrogens with two attached hydrogens (primary N) is 1. The number of piperidine rings is 1. The fraction of sp³-hybridized carbons (Fsp3) is 0.875. The van der Waals surface area contributed by atoms with Crippen molar-refractivity contribution in [2.75, 3.05) is 13.1 Å². The first kappa shape index (κ1) is 14.4. The zero-order valence-electron chi connectivity index (χ0n) is 12.7. The first-order valence-electron chi connectivity index (χ1n) is 8.49. The molecule has 122 valence electrons. The number of rotatable bonds is 3. The van der Waals surface area contributed by atoms with E-state index in [9.17, 15) is 14.0 Å². The van der Waals surface area contributed by atoms with Gasteiger partial charge in [0.25, 0.3) is 0 Å². The van der Waals surface area contributed by atoms with E-state index in [0.29, 0.717) is 13.0 Å². The van der Waals surface area contributed by atoms with Crippen LogP contribution in [-0.4, -0.2) is 37.1 Å². The van der Waals surface area contributed by atoms with Gasteiger partial charge < -0.3 is 16.4 Å². The lowest BCUT2D eigenvalue weighted by molar-refractivity contribution is -0.136. The van der Waals surface area contributed by atoms with Gasteiger partial charge in [0.05, 0.1) is 17.9 Å². The average Bonchev–Trinajstić information content (AvgIpc) is 3.15. The van der Waals surface area contributed by atoms with E-state index in [2.05, 4.69) is 10.6 Å². The maximum absolute atomic E-state index is 13.9. The Morgan fingerprint density at radius 2 is 1.82 bits per heavy atom. The predicted octanol–water partition coefficient (Wildman–Crippen LogP) is 0.340. The summed E-state index contributed by atoms with van der Waals surface area (Å²) in [7, 11) is 0. The van der Waals surface area contributed by atoms with E-state index in [1.54, 1.807) is 0 Å². The number of hydrogen-bond acceptors (Lipinski definition) is 3. The fourth-order valence-corrected chi connectivity index (χ4v) is 5.65. The highest BCUT2D eigenvalue weighted by Crippen LogP contribution is 2.74. The second-order valence-corrected chi connectivity index (χ2v) is 7.60. The van der Waals surface area contributed by atoms with Gasteiger partial charge in [0.1, 0.15) is 6.17 Å². The molecule has 6 atom stereocenters. The number of hydrogen-bond donors (Lipinski definition) is 3. The standard InChI is InChI=1S/C16H24FN3O2/c17-10-7-19-6-3-11(10)20-15(22)13-9-2-1-8(12(13)14(18)21)16(9)4-5-16/h8-13,19H,1-7H2,(H2,18,21)(H,20,22)/t8?,9?,10-,11-,12?,13?/m1/s1. The smallest absolute Gasteiger partial charge is 0.224 e. The van der Waals surface area contributed by atoms with Crippen LogP contribution < -0.4 is 16.4 Å². The molecule has 2 bridgehead atoms. The molecule has 0 aromatic heterocycles. The molecule has 4 N–H and O–H groups in total. The summed E-state index contributed by atoms with van der Waals surface area (Å²) in [6.45, 7) is 0.996. The van der Waals surface area contributed by atoms with Gasteiger partial charge in [-0.1, -0.05) is 0 Å². The second kappa shape index (κ2) is 4.91. The third kappa shape index (κ3) is 1.92. The Kier molecular flexibility index (Phi) is 3.22. The molecule has 4 rings (SSSR count). The summed E-state index contributed by atoms with van der Waals surface area (Å²) >= 11 is 0. The largest absolute Gasteiger partial charge is 0.369 e. The van der Waals surface area contributed by atoms with E-state index < -0.39 is 12.2 Å². The van der Waals surface area contributed by atoms with Gasteiger partial charge in [-0.2, -0.15) is 0 Å². The van der Waals surface area contributed by atoms with Crippen LogP contribution in [0.4, 0.5) is 4.39 Å². The van der Waals surface area contributed by atoms with E-state index in [1.807, 2.05) is 0 Å². The quantitative estimate of drug-likeness (QED) is 0.703. The summed E-state index contributed by atoms with van der Waals surface area (Å²) in [5, 5.41) is 5.87. The molecule has 0 radical (unpaired) electrons. The molecule has 1 heterocycles. The lowest BCUT2D eigenvalue weighted by Gasteiger charge is -2.32. The minimum absolute atomic E-state index is 0.142. The van der Waals surface area contributed by atoms with Gasteiger partial charge in [0.2, 0.25) is 11.8 Å². The van der Waals surface area contributed by atoms with Crippen molar-refractivity contribution < 1.29 is 14.0 Å². The summed E-state index contributed by atoms with van der Waals surface area (Å²) < 4.78 is 13.9. The molecule has 0 aromatic rings. The Morgan fingerprint density at radius 1 is 1.14 bits per heavy atom. The lowest BCUT2D eigenvalue weighted by Crippen LogP contribution is -2.54. The molecule has 22 heavy (non-hydrogen) atoms. The maximum Gasteiger partial charge on any atom is 0.224 e. The topological polar surface area (TPSA) is 84.2 Å². The maximum atomic E-state index is 13.9. The molecule has 4 aliphatic rings. The minimum Gasteiger partial charge on any atom is -0.369 e. The fourth-order valence-electron chi connectivity index (χ4n) is 5.65. The summed E-state index contributed by atoms with van der Waals surface area (Å²) in [4.78, 5) is 24.7. The zero-order chi connectivity index (χ0) is 15.5. The first-order valence-corrected chi connectivity index (χ1v) is 8.49. The van der Waals surface area contributed by atoms with E-state index in [4.69, 9.17) is 5.73 Å². The van der Waals surface area contributed by atoms with Gasteiger partial charge in [-0.15, -0.1) is 0 Å². The molecule has 3 saturated carbocycles. The molecule has 4 fully saturated rings. The van der Waals surface area contributed by atoms with Crippen LogP contribution in [0.25, 0.3) is 0 Å². The molecular formula is C16H24FN3O2. The van der Waals surface area contributed by atoms with Crippen molar-refractivity contribution in [1.82, 2.24) is 10.6 Å². The number of amides is 2. The summed E-state index contributed by atoms with van der Waals surface area (Å²) in [5.41, 5.74) is 5.82. The van der Waals surface area contributed by atoms with Crippen molar-refractivity contribution in [1.29, 1.82) is 0 Å². The van der Waals surface area contributed by atoms with Crippen molar-refractivity contribution >= 4 is 11.8 Å². The number of alkyl halides is 1. The normalized spacial score (nSPS) is 45.0. The van der Waals surface area contributed by atoms with Crippen molar-refractivity contribution in [2.45, 2.75) is 44.3 Å². The van der Waals surface area contributed by atoms with E-state index in [0.717, 1.165) is 25.7 Å². The summed E-state index contributed by atoms with van der Waals surface area (Å²) in [6.07, 6.45) is 3.81. The van der Waals surface area contributed by atoms with Crippen LogP contribution in [0.1, 0.15) is 32.1 Å². The number of carbonyl (C=O) groups is 2. The Hall–Kier alpha value is -1.17. The second-order valence-electron chi connectivity index (χ2n) is 7.60. The highest BCUT2D eigenvalue weighted by molar-refractivity contribution is 5.89. The van der Waals surface area contributed by atoms with Crippen molar-refractivity contribution in [3.63, 3.8) is 0 Å². The predicted molar refractivity (Wildman–Crippen MR) is 78.4 cm³/mol. The van der Waals surface area contributed by atoms with Crippen LogP contribution in [0, 0.1) is 29.1 Å². The van der Waals surface area contributed by atoms with Crippen molar-refractivity contribution in [2.24, 2.45) is 34.8 Å². The zero-order valence-corrected chi connectivity index (χ0v) is 12.7. The van der Waals surface area contributed by atoms with Crippen LogP contribution in [0.5, 0.6) is 0 Å². The highest BCUT2D eigenvalue weighted by atomic mass is 19.1. The van der Waals surface area contributed by atoms with E-state index in [-0.39, 0.29) is 47.4 Å². The molecular weight excluding hydrogens is 285 g/mol. The summed E-state index contributed by atoms with van der Waals surface area (Å²) in [6, 6.07) is -0.434. The van der Waals surface area contributed by atoms with Crippen molar-refractivity contribution in [3.8, 4) is 0 Å². The number of carbonyl (C=O) groups excluding carboxylic acids is 2. The molecule has 6 heteroatoms.